The van der Waals surface area contributed by atoms with Gasteiger partial charge in [-0.2, -0.15) is 4.72 Å². The Hall–Kier alpha value is -0.210. The molecule has 0 amide bonds. The highest BCUT2D eigenvalue weighted by molar-refractivity contribution is 9.10. The molecule has 1 fully saturated rings. The second kappa shape index (κ2) is 6.50. The van der Waals surface area contributed by atoms with Crippen LogP contribution in [0.15, 0.2) is 27.6 Å². The molecule has 0 heterocycles. The molecule has 1 aliphatic carbocycles. The lowest BCUT2D eigenvalue weighted by molar-refractivity contribution is 0.353. The van der Waals surface area contributed by atoms with Crippen LogP contribution in [0.4, 0.5) is 0 Å². The van der Waals surface area contributed by atoms with Gasteiger partial charge in [0.25, 0.3) is 0 Å². The molecule has 1 aliphatic rings. The van der Waals surface area contributed by atoms with Crippen molar-refractivity contribution in [3.8, 4) is 0 Å². The van der Waals surface area contributed by atoms with Gasteiger partial charge in [0.1, 0.15) is 0 Å². The van der Waals surface area contributed by atoms with Crippen molar-refractivity contribution in [2.45, 2.75) is 42.5 Å². The predicted molar refractivity (Wildman–Crippen MR) is 92.1 cm³/mol. The zero-order valence-electron chi connectivity index (χ0n) is 11.2. The van der Waals surface area contributed by atoms with Gasteiger partial charge < -0.3 is 5.73 Å². The first-order chi connectivity index (χ1) is 9.77. The second-order valence-electron chi connectivity index (χ2n) is 5.19. The average molecular weight is 412 g/mol. The number of hydrogen-bond acceptors (Lipinski definition) is 3. The van der Waals surface area contributed by atoms with E-state index in [0.29, 0.717) is 22.3 Å². The summed E-state index contributed by atoms with van der Waals surface area (Å²) in [5.74, 6) is 0. The number of nitrogens with one attached hydrogen (secondary N) is 1. The van der Waals surface area contributed by atoms with E-state index in [9.17, 15) is 8.42 Å². The topological polar surface area (TPSA) is 72.2 Å². The van der Waals surface area contributed by atoms with Gasteiger partial charge in [-0.15, -0.1) is 0 Å². The molecule has 1 aromatic carbocycles. The predicted octanol–water partition coefficient (Wildman–Crippen LogP) is 3.37. The van der Waals surface area contributed by atoms with Crippen LogP contribution < -0.4 is 10.5 Å². The lowest BCUT2D eigenvalue weighted by atomic mass is 9.82. The molecule has 0 radical (unpaired) electrons. The van der Waals surface area contributed by atoms with Crippen molar-refractivity contribution >= 4 is 54.8 Å². The highest BCUT2D eigenvalue weighted by Crippen LogP contribution is 2.31. The van der Waals surface area contributed by atoms with Crippen LogP contribution in [0, 0.1) is 0 Å². The van der Waals surface area contributed by atoms with Gasteiger partial charge in [0.2, 0.25) is 10.0 Å². The summed E-state index contributed by atoms with van der Waals surface area (Å²) in [7, 11) is -3.71. The molecule has 8 heteroatoms. The third kappa shape index (κ3) is 3.76. The second-order valence-corrected chi connectivity index (χ2v) is 8.57. The Morgan fingerprint density at radius 1 is 1.33 bits per heavy atom. The van der Waals surface area contributed by atoms with Crippen LogP contribution in [-0.4, -0.2) is 18.9 Å². The van der Waals surface area contributed by atoms with Crippen LogP contribution in [0.2, 0.25) is 5.02 Å². The van der Waals surface area contributed by atoms with Gasteiger partial charge in [-0.3, -0.25) is 0 Å². The Morgan fingerprint density at radius 3 is 2.48 bits per heavy atom. The van der Waals surface area contributed by atoms with Crippen molar-refractivity contribution in [3.63, 3.8) is 0 Å². The lowest BCUT2D eigenvalue weighted by Gasteiger charge is -2.36. The minimum Gasteiger partial charge on any atom is -0.392 e. The summed E-state index contributed by atoms with van der Waals surface area (Å²) < 4.78 is 28.4. The minimum atomic E-state index is -3.71. The van der Waals surface area contributed by atoms with Crippen LogP contribution in [-0.2, 0) is 10.0 Å². The zero-order valence-corrected chi connectivity index (χ0v) is 15.2. The Kier molecular flexibility index (Phi) is 5.31. The third-order valence-corrected chi connectivity index (χ3v) is 6.85. The van der Waals surface area contributed by atoms with Crippen molar-refractivity contribution in [2.24, 2.45) is 5.73 Å². The molecule has 1 saturated carbocycles. The maximum atomic E-state index is 12.6. The van der Waals surface area contributed by atoms with Crippen LogP contribution in [0.3, 0.4) is 0 Å². The molecule has 2 rings (SSSR count). The summed E-state index contributed by atoms with van der Waals surface area (Å²) in [6.07, 6.45) is 4.15. The molecule has 3 N–H and O–H groups in total. The highest BCUT2D eigenvalue weighted by atomic mass is 79.9. The van der Waals surface area contributed by atoms with Crippen molar-refractivity contribution in [1.82, 2.24) is 4.72 Å². The summed E-state index contributed by atoms with van der Waals surface area (Å²) in [6.45, 7) is 0. The molecule has 0 saturated heterocycles. The Labute approximate surface area is 143 Å². The van der Waals surface area contributed by atoms with E-state index in [4.69, 9.17) is 29.6 Å². The smallest absolute Gasteiger partial charge is 0.241 e. The van der Waals surface area contributed by atoms with Gasteiger partial charge in [0, 0.05) is 4.47 Å². The largest absolute Gasteiger partial charge is 0.392 e. The number of halogens is 2. The molecule has 0 aliphatic heterocycles. The number of benzene rings is 1. The first-order valence-electron chi connectivity index (χ1n) is 6.56. The van der Waals surface area contributed by atoms with Gasteiger partial charge in [0.15, 0.2) is 0 Å². The standard InChI is InChI=1S/C13H16BrClN2O2S2/c14-10-8-9(4-5-11(10)15)21(18,19)17-13(12(16)20)6-2-1-3-7-13/h4-5,8,17H,1-3,6-7H2,(H2,16,20). The quantitative estimate of drug-likeness (QED) is 0.745. The fraction of sp³-hybridized carbons (Fsp3) is 0.462. The SMILES string of the molecule is NC(=S)C1(NS(=O)(=O)c2ccc(Cl)c(Br)c2)CCCCC1. The van der Waals surface area contributed by atoms with E-state index in [-0.39, 0.29) is 9.88 Å². The fourth-order valence-electron chi connectivity index (χ4n) is 2.51. The van der Waals surface area contributed by atoms with Crippen molar-refractivity contribution in [3.05, 3.63) is 27.7 Å². The van der Waals surface area contributed by atoms with Gasteiger partial charge in [0.05, 0.1) is 20.4 Å². The van der Waals surface area contributed by atoms with Crippen LogP contribution in [0.1, 0.15) is 32.1 Å². The molecule has 0 unspecified atom stereocenters. The summed E-state index contributed by atoms with van der Waals surface area (Å²) >= 11 is 14.2. The molecule has 0 bridgehead atoms. The number of thiocarbonyl (C=S) groups is 1. The van der Waals surface area contributed by atoms with E-state index in [2.05, 4.69) is 20.7 Å². The highest BCUT2D eigenvalue weighted by Gasteiger charge is 2.39. The molecule has 1 aromatic rings. The van der Waals surface area contributed by atoms with Crippen molar-refractivity contribution in [2.75, 3.05) is 0 Å². The Balaban J connectivity index is 2.34. The van der Waals surface area contributed by atoms with E-state index in [0.717, 1.165) is 19.3 Å². The van der Waals surface area contributed by atoms with Gasteiger partial charge in [-0.25, -0.2) is 8.42 Å². The van der Waals surface area contributed by atoms with Crippen LogP contribution in [0.5, 0.6) is 0 Å². The molecule has 21 heavy (non-hydrogen) atoms. The lowest BCUT2D eigenvalue weighted by Crippen LogP contribution is -2.57. The fourth-order valence-corrected chi connectivity index (χ4v) is 4.95. The molecule has 0 spiro atoms. The van der Waals surface area contributed by atoms with Crippen LogP contribution >= 0.6 is 39.7 Å². The van der Waals surface area contributed by atoms with Gasteiger partial charge in [-0.05, 0) is 47.0 Å². The van der Waals surface area contributed by atoms with Crippen LogP contribution in [0.25, 0.3) is 0 Å². The molecular weight excluding hydrogens is 396 g/mol. The number of nitrogens with two attached hydrogens (primary N) is 1. The van der Waals surface area contributed by atoms with E-state index in [1.807, 2.05) is 0 Å². The average Bonchev–Trinajstić information content (AvgIpc) is 2.42. The zero-order chi connectivity index (χ0) is 15.7. The molecule has 4 nitrogen and oxygen atoms in total. The van der Waals surface area contributed by atoms with E-state index in [1.54, 1.807) is 0 Å². The Bertz CT molecular complexity index is 658. The van der Waals surface area contributed by atoms with Gasteiger partial charge in [-0.1, -0.05) is 43.1 Å². The maximum absolute atomic E-state index is 12.6. The number of rotatable bonds is 4. The first-order valence-corrected chi connectivity index (χ1v) is 9.62. The maximum Gasteiger partial charge on any atom is 0.241 e. The summed E-state index contributed by atoms with van der Waals surface area (Å²) in [4.78, 5) is 0.346. The van der Waals surface area contributed by atoms with E-state index >= 15 is 0 Å². The van der Waals surface area contributed by atoms with E-state index in [1.165, 1.54) is 18.2 Å². The third-order valence-electron chi connectivity index (χ3n) is 3.71. The molecule has 116 valence electrons. The number of hydrogen-bond donors (Lipinski definition) is 2. The molecular formula is C13H16BrClN2O2S2. The molecule has 0 atom stereocenters. The van der Waals surface area contributed by atoms with Crippen molar-refractivity contribution < 1.29 is 8.42 Å². The monoisotopic (exact) mass is 410 g/mol. The minimum absolute atomic E-state index is 0.139. The van der Waals surface area contributed by atoms with Gasteiger partial charge >= 0.3 is 0 Å². The summed E-state index contributed by atoms with van der Waals surface area (Å²) in [6, 6.07) is 4.47. The Morgan fingerprint density at radius 2 is 1.95 bits per heavy atom. The first kappa shape index (κ1) is 17.1. The van der Waals surface area contributed by atoms with Crippen molar-refractivity contribution in [1.29, 1.82) is 0 Å². The van der Waals surface area contributed by atoms with E-state index < -0.39 is 15.6 Å². The number of sulfonamides is 1. The summed E-state index contributed by atoms with van der Waals surface area (Å²) in [5, 5.41) is 0.454. The molecule has 0 aromatic heterocycles. The normalized spacial score (nSPS) is 18.4. The summed E-state index contributed by atoms with van der Waals surface area (Å²) in [5.41, 5.74) is 4.99.